The lowest BCUT2D eigenvalue weighted by Crippen LogP contribution is -2.48. The highest BCUT2D eigenvalue weighted by molar-refractivity contribution is 9.10. The molecule has 0 spiro atoms. The van der Waals surface area contributed by atoms with Crippen LogP contribution < -0.4 is 20.3 Å². The molecule has 3 aromatic carbocycles. The van der Waals surface area contributed by atoms with Gasteiger partial charge in [-0.3, -0.25) is 20.4 Å². The molecule has 0 saturated carbocycles. The molecule has 0 unspecified atom stereocenters. The molecule has 6 nitrogen and oxygen atoms in total. The molecular formula is C21H19BrN2O4. The number of nitrogens with one attached hydrogen (secondary N) is 2. The van der Waals surface area contributed by atoms with E-state index >= 15 is 0 Å². The van der Waals surface area contributed by atoms with Crippen molar-refractivity contribution in [1.82, 2.24) is 10.9 Å². The molecule has 2 amide bonds. The fraction of sp³-hybridized carbons (Fsp3) is 0.143. The zero-order chi connectivity index (χ0) is 19.9. The van der Waals surface area contributed by atoms with Gasteiger partial charge in [0.05, 0.1) is 0 Å². The average molecular weight is 443 g/mol. The first kappa shape index (κ1) is 19.7. The highest BCUT2D eigenvalue weighted by Gasteiger charge is 2.15. The first-order valence-corrected chi connectivity index (χ1v) is 9.43. The molecule has 0 aliphatic rings. The van der Waals surface area contributed by atoms with Crippen molar-refractivity contribution >= 4 is 38.5 Å². The molecule has 0 fully saturated rings. The van der Waals surface area contributed by atoms with Crippen molar-refractivity contribution in [3.05, 3.63) is 71.2 Å². The minimum atomic E-state index is -0.783. The van der Waals surface area contributed by atoms with E-state index in [1.165, 1.54) is 0 Å². The minimum Gasteiger partial charge on any atom is -0.484 e. The Morgan fingerprint density at radius 3 is 2.36 bits per heavy atom. The summed E-state index contributed by atoms with van der Waals surface area (Å²) in [5.41, 5.74) is 4.64. The van der Waals surface area contributed by atoms with Crippen molar-refractivity contribution < 1.29 is 19.1 Å². The second kappa shape index (κ2) is 9.23. The Hall–Kier alpha value is -3.06. The van der Waals surface area contributed by atoms with E-state index in [0.717, 1.165) is 15.2 Å². The SMILES string of the molecule is C[C@H](Oc1ccc2ccccc2c1)C(=O)NNC(=O)COc1ccc(Br)cc1. The molecule has 0 aromatic heterocycles. The number of benzene rings is 3. The zero-order valence-corrected chi connectivity index (χ0v) is 16.7. The molecule has 0 aliphatic carbocycles. The number of carbonyl (C=O) groups is 2. The van der Waals surface area contributed by atoms with Gasteiger partial charge in [-0.05, 0) is 54.1 Å². The summed E-state index contributed by atoms with van der Waals surface area (Å²) in [5.74, 6) is 0.184. The molecule has 0 aliphatic heterocycles. The molecule has 3 rings (SSSR count). The van der Waals surface area contributed by atoms with Crippen LogP contribution in [-0.4, -0.2) is 24.5 Å². The molecular weight excluding hydrogens is 424 g/mol. The molecule has 1 atom stereocenters. The van der Waals surface area contributed by atoms with Crippen LogP contribution >= 0.6 is 15.9 Å². The lowest BCUT2D eigenvalue weighted by Gasteiger charge is -2.15. The summed E-state index contributed by atoms with van der Waals surface area (Å²) < 4.78 is 11.9. The molecule has 0 saturated heterocycles. The monoisotopic (exact) mass is 442 g/mol. The van der Waals surface area contributed by atoms with Crippen LogP contribution in [0.25, 0.3) is 10.8 Å². The first-order valence-electron chi connectivity index (χ1n) is 8.64. The van der Waals surface area contributed by atoms with Crippen LogP contribution in [0.4, 0.5) is 0 Å². The fourth-order valence-corrected chi connectivity index (χ4v) is 2.71. The molecule has 144 valence electrons. The second-order valence-electron chi connectivity index (χ2n) is 6.05. The van der Waals surface area contributed by atoms with Crippen LogP contribution in [0.1, 0.15) is 6.92 Å². The molecule has 28 heavy (non-hydrogen) atoms. The molecule has 7 heteroatoms. The topological polar surface area (TPSA) is 76.7 Å². The van der Waals surface area contributed by atoms with Gasteiger partial charge in [0.25, 0.3) is 11.8 Å². The second-order valence-corrected chi connectivity index (χ2v) is 6.96. The maximum atomic E-state index is 12.1. The molecule has 3 aromatic rings. The summed E-state index contributed by atoms with van der Waals surface area (Å²) in [4.78, 5) is 23.9. The zero-order valence-electron chi connectivity index (χ0n) is 15.1. The summed E-state index contributed by atoms with van der Waals surface area (Å²) >= 11 is 3.32. The van der Waals surface area contributed by atoms with Crippen LogP contribution in [0.15, 0.2) is 71.2 Å². The number of ether oxygens (including phenoxy) is 2. The van der Waals surface area contributed by atoms with E-state index in [2.05, 4.69) is 26.8 Å². The van der Waals surface area contributed by atoms with Gasteiger partial charge in [0.1, 0.15) is 11.5 Å². The third-order valence-corrected chi connectivity index (χ3v) is 4.44. The van der Waals surface area contributed by atoms with Gasteiger partial charge in [-0.1, -0.05) is 46.3 Å². The van der Waals surface area contributed by atoms with E-state index in [-0.39, 0.29) is 6.61 Å². The van der Waals surface area contributed by atoms with Crippen LogP contribution in [0.5, 0.6) is 11.5 Å². The van der Waals surface area contributed by atoms with Gasteiger partial charge in [-0.25, -0.2) is 0 Å². The molecule has 0 heterocycles. The van der Waals surface area contributed by atoms with Gasteiger partial charge in [0.15, 0.2) is 12.7 Å². The van der Waals surface area contributed by atoms with Crippen molar-refractivity contribution in [1.29, 1.82) is 0 Å². The van der Waals surface area contributed by atoms with E-state index < -0.39 is 17.9 Å². The van der Waals surface area contributed by atoms with E-state index in [0.29, 0.717) is 11.5 Å². The number of hydrogen-bond acceptors (Lipinski definition) is 4. The largest absolute Gasteiger partial charge is 0.484 e. The number of halogens is 1. The van der Waals surface area contributed by atoms with Crippen LogP contribution in [0, 0.1) is 0 Å². The lowest BCUT2D eigenvalue weighted by atomic mass is 10.1. The number of hydrazine groups is 1. The maximum Gasteiger partial charge on any atom is 0.279 e. The van der Waals surface area contributed by atoms with Crippen molar-refractivity contribution in [2.45, 2.75) is 13.0 Å². The van der Waals surface area contributed by atoms with E-state index in [4.69, 9.17) is 9.47 Å². The Balaban J connectivity index is 1.45. The number of rotatable bonds is 6. The summed E-state index contributed by atoms with van der Waals surface area (Å²) in [6.45, 7) is 1.39. The lowest BCUT2D eigenvalue weighted by molar-refractivity contribution is -0.133. The van der Waals surface area contributed by atoms with Crippen LogP contribution in [0.3, 0.4) is 0 Å². The number of carbonyl (C=O) groups excluding carboxylic acids is 2. The third kappa shape index (κ3) is 5.47. The fourth-order valence-electron chi connectivity index (χ4n) is 2.45. The Bertz CT molecular complexity index is 976. The van der Waals surface area contributed by atoms with Gasteiger partial charge < -0.3 is 9.47 Å². The summed E-state index contributed by atoms with van der Waals surface area (Å²) in [6, 6.07) is 20.5. The Kier molecular flexibility index (Phi) is 6.49. The normalized spacial score (nSPS) is 11.5. The van der Waals surface area contributed by atoms with Crippen molar-refractivity contribution in [3.63, 3.8) is 0 Å². The predicted molar refractivity (Wildman–Crippen MR) is 110 cm³/mol. The summed E-state index contributed by atoms with van der Waals surface area (Å²) in [7, 11) is 0. The Morgan fingerprint density at radius 1 is 0.929 bits per heavy atom. The summed E-state index contributed by atoms with van der Waals surface area (Å²) in [5, 5.41) is 2.11. The quantitative estimate of drug-likeness (QED) is 0.571. The maximum absolute atomic E-state index is 12.1. The van der Waals surface area contributed by atoms with Crippen molar-refractivity contribution in [3.8, 4) is 11.5 Å². The standard InChI is InChI=1S/C21H19BrN2O4/c1-14(28-19-9-6-15-4-2-3-5-16(15)12-19)21(26)24-23-20(25)13-27-18-10-7-17(22)8-11-18/h2-12,14H,13H2,1H3,(H,23,25)(H,24,26)/t14-/m0/s1. The molecule has 0 radical (unpaired) electrons. The van der Waals surface area contributed by atoms with Gasteiger partial charge in [-0.15, -0.1) is 0 Å². The van der Waals surface area contributed by atoms with Crippen molar-refractivity contribution in [2.75, 3.05) is 6.61 Å². The average Bonchev–Trinajstić information content (AvgIpc) is 2.71. The van der Waals surface area contributed by atoms with E-state index in [1.54, 1.807) is 37.3 Å². The van der Waals surface area contributed by atoms with Gasteiger partial charge >= 0.3 is 0 Å². The first-order chi connectivity index (χ1) is 13.5. The summed E-state index contributed by atoms with van der Waals surface area (Å²) in [6.07, 6.45) is -0.783. The molecule has 2 N–H and O–H groups in total. The van der Waals surface area contributed by atoms with Gasteiger partial charge in [0, 0.05) is 4.47 Å². The molecule has 0 bridgehead atoms. The Morgan fingerprint density at radius 2 is 1.61 bits per heavy atom. The predicted octanol–water partition coefficient (Wildman–Crippen LogP) is 3.60. The smallest absolute Gasteiger partial charge is 0.279 e. The van der Waals surface area contributed by atoms with Gasteiger partial charge in [-0.2, -0.15) is 0 Å². The Labute approximate surface area is 170 Å². The van der Waals surface area contributed by atoms with Crippen molar-refractivity contribution in [2.24, 2.45) is 0 Å². The van der Waals surface area contributed by atoms with Gasteiger partial charge in [0.2, 0.25) is 0 Å². The number of hydrogen-bond donors (Lipinski definition) is 2. The highest BCUT2D eigenvalue weighted by Crippen LogP contribution is 2.21. The highest BCUT2D eigenvalue weighted by atomic mass is 79.9. The van der Waals surface area contributed by atoms with Crippen LogP contribution in [0.2, 0.25) is 0 Å². The minimum absolute atomic E-state index is 0.220. The van der Waals surface area contributed by atoms with E-state index in [9.17, 15) is 9.59 Å². The van der Waals surface area contributed by atoms with Crippen LogP contribution in [-0.2, 0) is 9.59 Å². The number of amides is 2. The third-order valence-electron chi connectivity index (χ3n) is 3.91. The van der Waals surface area contributed by atoms with E-state index in [1.807, 2.05) is 36.4 Å². The number of fused-ring (bicyclic) bond motifs is 1.